The van der Waals surface area contributed by atoms with Crippen molar-refractivity contribution >= 4 is 11.7 Å². The summed E-state index contributed by atoms with van der Waals surface area (Å²) in [5.74, 6) is -1.15. The van der Waals surface area contributed by atoms with E-state index < -0.39 is 5.92 Å². The molecule has 0 aromatic rings. The van der Waals surface area contributed by atoms with Crippen molar-refractivity contribution in [2.75, 3.05) is 13.2 Å². The second-order valence-corrected chi connectivity index (χ2v) is 4.13. The Balaban J connectivity index is 4.28. The first-order valence-electron chi connectivity index (χ1n) is 6.14. The second kappa shape index (κ2) is 8.93. The molecule has 0 saturated carbocycles. The summed E-state index contributed by atoms with van der Waals surface area (Å²) in [5, 5.41) is 11.1. The number of aliphatic hydroxyl groups excluding tert-OH is 1. The lowest BCUT2D eigenvalue weighted by molar-refractivity contribution is -0.131. The minimum absolute atomic E-state index is 0.113. The number of allylic oxidation sites excluding steroid dienone is 2. The molecule has 0 aliphatic carbocycles. The average Bonchev–Trinajstić information content (AvgIpc) is 2.34. The molecule has 1 amide bonds. The third-order valence-corrected chi connectivity index (χ3v) is 2.59. The largest absolute Gasteiger partial charge is 0.395 e. The van der Waals surface area contributed by atoms with Gasteiger partial charge in [0.1, 0.15) is 0 Å². The van der Waals surface area contributed by atoms with Crippen LogP contribution in [0.15, 0.2) is 11.6 Å². The van der Waals surface area contributed by atoms with Gasteiger partial charge in [-0.1, -0.05) is 25.8 Å². The third-order valence-electron chi connectivity index (χ3n) is 2.59. The standard InChI is InChI=1S/C13H23NO3/c1-4-5-6-7-10(2)12(16)11(3)13(17)14-8-9-15/h7,11,15H,4-6,8-9H2,1-3H3,(H,14,17). The topological polar surface area (TPSA) is 66.4 Å². The fraction of sp³-hybridized carbons (Fsp3) is 0.692. The SMILES string of the molecule is CCCCC=C(C)C(=O)C(C)C(=O)NCCO. The number of rotatable bonds is 8. The van der Waals surface area contributed by atoms with Crippen LogP contribution >= 0.6 is 0 Å². The molecule has 0 heterocycles. The molecule has 0 rings (SSSR count). The maximum atomic E-state index is 11.9. The molecule has 1 unspecified atom stereocenters. The Kier molecular flexibility index (Phi) is 8.32. The summed E-state index contributed by atoms with van der Waals surface area (Å²) in [6, 6.07) is 0. The molecule has 4 nitrogen and oxygen atoms in total. The van der Waals surface area contributed by atoms with Crippen LogP contribution in [0.5, 0.6) is 0 Å². The van der Waals surface area contributed by atoms with Gasteiger partial charge in [0, 0.05) is 6.54 Å². The zero-order chi connectivity index (χ0) is 13.3. The van der Waals surface area contributed by atoms with Gasteiger partial charge in [0.25, 0.3) is 0 Å². The predicted molar refractivity (Wildman–Crippen MR) is 67.5 cm³/mol. The van der Waals surface area contributed by atoms with Crippen LogP contribution in [-0.2, 0) is 9.59 Å². The van der Waals surface area contributed by atoms with Gasteiger partial charge in [-0.15, -0.1) is 0 Å². The highest BCUT2D eigenvalue weighted by Crippen LogP contribution is 2.09. The van der Waals surface area contributed by atoms with Crippen molar-refractivity contribution in [2.24, 2.45) is 5.92 Å². The van der Waals surface area contributed by atoms with Gasteiger partial charge in [0.15, 0.2) is 5.78 Å². The smallest absolute Gasteiger partial charge is 0.230 e. The minimum Gasteiger partial charge on any atom is -0.395 e. The molecule has 0 aromatic carbocycles. The quantitative estimate of drug-likeness (QED) is 0.384. The number of amides is 1. The van der Waals surface area contributed by atoms with Crippen molar-refractivity contribution in [1.82, 2.24) is 5.32 Å². The van der Waals surface area contributed by atoms with Crippen molar-refractivity contribution < 1.29 is 14.7 Å². The van der Waals surface area contributed by atoms with Crippen molar-refractivity contribution in [3.05, 3.63) is 11.6 Å². The van der Waals surface area contributed by atoms with Crippen LogP contribution in [0.4, 0.5) is 0 Å². The normalized spacial score (nSPS) is 13.3. The van der Waals surface area contributed by atoms with Gasteiger partial charge < -0.3 is 10.4 Å². The van der Waals surface area contributed by atoms with Gasteiger partial charge in [-0.3, -0.25) is 9.59 Å². The van der Waals surface area contributed by atoms with Crippen molar-refractivity contribution in [3.8, 4) is 0 Å². The first kappa shape index (κ1) is 15.8. The van der Waals surface area contributed by atoms with Gasteiger partial charge in [0.05, 0.1) is 12.5 Å². The molecule has 0 bridgehead atoms. The Bertz CT molecular complexity index is 284. The van der Waals surface area contributed by atoms with E-state index in [1.807, 2.05) is 6.08 Å². The Morgan fingerprint density at radius 2 is 2.06 bits per heavy atom. The van der Waals surface area contributed by atoms with E-state index in [0.717, 1.165) is 19.3 Å². The summed E-state index contributed by atoms with van der Waals surface area (Å²) < 4.78 is 0. The fourth-order valence-electron chi connectivity index (χ4n) is 1.42. The summed E-state index contributed by atoms with van der Waals surface area (Å²) in [7, 11) is 0. The molecule has 0 fully saturated rings. The van der Waals surface area contributed by atoms with Crippen molar-refractivity contribution in [3.63, 3.8) is 0 Å². The first-order valence-corrected chi connectivity index (χ1v) is 6.14. The molecule has 0 aromatic heterocycles. The van der Waals surface area contributed by atoms with Crippen molar-refractivity contribution in [2.45, 2.75) is 40.0 Å². The second-order valence-electron chi connectivity index (χ2n) is 4.13. The number of nitrogens with one attached hydrogen (secondary N) is 1. The lowest BCUT2D eigenvalue weighted by Gasteiger charge is -2.10. The summed E-state index contributed by atoms with van der Waals surface area (Å²) in [6.07, 6.45) is 4.90. The van der Waals surface area contributed by atoms with Gasteiger partial charge in [-0.25, -0.2) is 0 Å². The highest BCUT2D eigenvalue weighted by Gasteiger charge is 2.21. The summed E-state index contributed by atoms with van der Waals surface area (Å²) in [6.45, 7) is 5.50. The number of carbonyl (C=O) groups is 2. The maximum absolute atomic E-state index is 11.9. The zero-order valence-corrected chi connectivity index (χ0v) is 11.0. The molecule has 17 heavy (non-hydrogen) atoms. The molecule has 1 atom stereocenters. The number of unbranched alkanes of at least 4 members (excludes halogenated alkanes) is 2. The monoisotopic (exact) mass is 241 g/mol. The van der Waals surface area contributed by atoms with Crippen LogP contribution in [0.1, 0.15) is 40.0 Å². The summed E-state index contributed by atoms with van der Waals surface area (Å²) >= 11 is 0. The number of ketones is 1. The Morgan fingerprint density at radius 1 is 1.41 bits per heavy atom. The number of hydrogen-bond acceptors (Lipinski definition) is 3. The molecule has 98 valence electrons. The average molecular weight is 241 g/mol. The van der Waals surface area contributed by atoms with E-state index >= 15 is 0 Å². The van der Waals surface area contributed by atoms with E-state index in [0.29, 0.717) is 5.57 Å². The molecule has 0 radical (unpaired) electrons. The minimum atomic E-state index is -0.681. The summed E-state index contributed by atoms with van der Waals surface area (Å²) in [5.41, 5.74) is 0.644. The molecule has 0 saturated heterocycles. The predicted octanol–water partition coefficient (Wildman–Crippen LogP) is 1.44. The number of aliphatic hydroxyl groups is 1. The fourth-order valence-corrected chi connectivity index (χ4v) is 1.42. The third kappa shape index (κ3) is 6.22. The Morgan fingerprint density at radius 3 is 2.59 bits per heavy atom. The number of hydrogen-bond donors (Lipinski definition) is 2. The lowest BCUT2D eigenvalue weighted by Crippen LogP contribution is -2.35. The van der Waals surface area contributed by atoms with Crippen molar-refractivity contribution in [1.29, 1.82) is 0 Å². The summed E-state index contributed by atoms with van der Waals surface area (Å²) in [4.78, 5) is 23.4. The molecular weight excluding hydrogens is 218 g/mol. The van der Waals surface area contributed by atoms with Gasteiger partial charge >= 0.3 is 0 Å². The van der Waals surface area contributed by atoms with Gasteiger partial charge in [-0.05, 0) is 25.8 Å². The van der Waals surface area contributed by atoms with E-state index in [1.54, 1.807) is 13.8 Å². The highest BCUT2D eigenvalue weighted by molar-refractivity contribution is 6.09. The van der Waals surface area contributed by atoms with E-state index in [-0.39, 0.29) is 24.8 Å². The van der Waals surface area contributed by atoms with Crippen LogP contribution in [0.25, 0.3) is 0 Å². The van der Waals surface area contributed by atoms with E-state index in [4.69, 9.17) is 5.11 Å². The van der Waals surface area contributed by atoms with E-state index in [1.165, 1.54) is 0 Å². The molecule has 0 aliphatic rings. The number of carbonyl (C=O) groups excluding carboxylic acids is 2. The van der Waals surface area contributed by atoms with Gasteiger partial charge in [-0.2, -0.15) is 0 Å². The van der Waals surface area contributed by atoms with Crippen LogP contribution in [-0.4, -0.2) is 29.9 Å². The first-order chi connectivity index (χ1) is 8.04. The van der Waals surface area contributed by atoms with E-state index in [9.17, 15) is 9.59 Å². The Hall–Kier alpha value is -1.16. The van der Waals surface area contributed by atoms with Gasteiger partial charge in [0.2, 0.25) is 5.91 Å². The van der Waals surface area contributed by atoms with Crippen LogP contribution < -0.4 is 5.32 Å². The Labute approximate surface area is 103 Å². The number of Topliss-reactive ketones (excluding diaryl/α,β-unsaturated/α-hetero) is 1. The molecular formula is C13H23NO3. The lowest BCUT2D eigenvalue weighted by atomic mass is 9.98. The molecule has 2 N–H and O–H groups in total. The van der Waals surface area contributed by atoms with E-state index in [2.05, 4.69) is 12.2 Å². The zero-order valence-electron chi connectivity index (χ0n) is 11.0. The molecule has 0 spiro atoms. The van der Waals surface area contributed by atoms with Crippen LogP contribution in [0, 0.1) is 5.92 Å². The van der Waals surface area contributed by atoms with Crippen LogP contribution in [0.3, 0.4) is 0 Å². The molecule has 4 heteroatoms. The highest BCUT2D eigenvalue weighted by atomic mass is 16.3. The maximum Gasteiger partial charge on any atom is 0.230 e. The molecule has 0 aliphatic heterocycles. The van der Waals surface area contributed by atoms with Crippen LogP contribution in [0.2, 0.25) is 0 Å².